The van der Waals surface area contributed by atoms with E-state index in [1.807, 2.05) is 4.90 Å². The second kappa shape index (κ2) is 12.3. The van der Waals surface area contributed by atoms with E-state index in [0.717, 1.165) is 5.56 Å². The molecule has 0 heterocycles. The van der Waals surface area contributed by atoms with Crippen molar-refractivity contribution < 1.29 is 19.8 Å². The summed E-state index contributed by atoms with van der Waals surface area (Å²) in [4.78, 5) is 27.2. The van der Waals surface area contributed by atoms with Gasteiger partial charge in [0.25, 0.3) is 0 Å². The van der Waals surface area contributed by atoms with Crippen LogP contribution in [0.2, 0.25) is 0 Å². The van der Waals surface area contributed by atoms with Crippen molar-refractivity contribution in [3.8, 4) is 11.5 Å². The van der Waals surface area contributed by atoms with Gasteiger partial charge in [-0.05, 0) is 42.0 Å². The van der Waals surface area contributed by atoms with E-state index in [2.05, 4.69) is 10.6 Å². The van der Waals surface area contributed by atoms with Gasteiger partial charge in [0.05, 0.1) is 6.54 Å². The topological polar surface area (TPSA) is 102 Å². The molecule has 0 radical (unpaired) electrons. The lowest BCUT2D eigenvalue weighted by molar-refractivity contribution is -0.127. The maximum absolute atomic E-state index is 12.8. The molecule has 9 heteroatoms. The quantitative estimate of drug-likeness (QED) is 0.309. The first-order chi connectivity index (χ1) is 14.4. The molecule has 0 fully saturated rings. The summed E-state index contributed by atoms with van der Waals surface area (Å²) in [6.07, 6.45) is 0.237. The van der Waals surface area contributed by atoms with E-state index in [4.69, 9.17) is 23.2 Å². The van der Waals surface area contributed by atoms with Gasteiger partial charge < -0.3 is 20.8 Å². The number of anilines is 1. The van der Waals surface area contributed by atoms with Gasteiger partial charge in [-0.3, -0.25) is 14.5 Å². The minimum atomic E-state index is -0.843. The Morgan fingerprint density at radius 2 is 1.43 bits per heavy atom. The summed E-state index contributed by atoms with van der Waals surface area (Å²) in [5.74, 6) is 0.203. The van der Waals surface area contributed by atoms with Crippen LogP contribution in [-0.4, -0.2) is 64.4 Å². The first-order valence-electron chi connectivity index (χ1n) is 9.42. The number of hydrogen-bond acceptors (Lipinski definition) is 5. The average molecular weight is 454 g/mol. The summed E-state index contributed by atoms with van der Waals surface area (Å²) in [5.41, 5.74) is 1.27. The minimum absolute atomic E-state index is 0.0675. The van der Waals surface area contributed by atoms with Crippen LogP contribution in [0.1, 0.15) is 5.56 Å². The Morgan fingerprint density at radius 1 is 0.900 bits per heavy atom. The third kappa shape index (κ3) is 8.10. The fraction of sp³-hybridized carbons (Fsp3) is 0.333. The van der Waals surface area contributed by atoms with Crippen LogP contribution in [0.3, 0.4) is 0 Å². The summed E-state index contributed by atoms with van der Waals surface area (Å²) < 4.78 is 0. The zero-order valence-corrected chi connectivity index (χ0v) is 17.9. The molecule has 4 N–H and O–H groups in total. The zero-order valence-electron chi connectivity index (χ0n) is 16.4. The number of phenols is 2. The molecule has 0 saturated carbocycles. The molecule has 0 bridgehead atoms. The normalized spacial score (nSPS) is 11.8. The average Bonchev–Trinajstić information content (AvgIpc) is 2.71. The molecule has 2 aromatic rings. The van der Waals surface area contributed by atoms with Gasteiger partial charge in [0.2, 0.25) is 11.8 Å². The van der Waals surface area contributed by atoms with Gasteiger partial charge in [0.1, 0.15) is 17.5 Å². The molecular weight excluding hydrogens is 429 g/mol. The summed E-state index contributed by atoms with van der Waals surface area (Å²) in [6.45, 7) is 1.08. The second-order valence-electron chi connectivity index (χ2n) is 6.68. The van der Waals surface area contributed by atoms with Crippen LogP contribution < -0.4 is 10.6 Å². The Kier molecular flexibility index (Phi) is 9.73. The van der Waals surface area contributed by atoms with E-state index in [-0.39, 0.29) is 30.4 Å². The van der Waals surface area contributed by atoms with Crippen molar-refractivity contribution in [2.75, 3.05) is 36.7 Å². The SMILES string of the molecule is O=C(CN(CCCl)CCCl)NC(Cc1ccc(O)cc1)C(=O)Nc1ccc(O)cc1. The Labute approximate surface area is 185 Å². The van der Waals surface area contributed by atoms with Crippen molar-refractivity contribution in [1.82, 2.24) is 10.2 Å². The Bertz CT molecular complexity index is 810. The second-order valence-corrected chi connectivity index (χ2v) is 7.44. The number of nitrogens with zero attached hydrogens (tertiary/aromatic N) is 1. The minimum Gasteiger partial charge on any atom is -0.508 e. The van der Waals surface area contributed by atoms with E-state index >= 15 is 0 Å². The molecule has 0 spiro atoms. The van der Waals surface area contributed by atoms with Crippen molar-refractivity contribution in [2.24, 2.45) is 0 Å². The van der Waals surface area contributed by atoms with Crippen molar-refractivity contribution in [3.63, 3.8) is 0 Å². The van der Waals surface area contributed by atoms with Crippen molar-refractivity contribution in [1.29, 1.82) is 0 Å². The van der Waals surface area contributed by atoms with Gasteiger partial charge in [-0.15, -0.1) is 23.2 Å². The molecule has 1 unspecified atom stereocenters. The monoisotopic (exact) mass is 453 g/mol. The molecule has 0 aliphatic heterocycles. The van der Waals surface area contributed by atoms with Gasteiger partial charge in [0.15, 0.2) is 0 Å². The van der Waals surface area contributed by atoms with E-state index in [1.165, 1.54) is 24.3 Å². The van der Waals surface area contributed by atoms with Crippen LogP contribution in [0.4, 0.5) is 5.69 Å². The van der Waals surface area contributed by atoms with Gasteiger partial charge in [-0.2, -0.15) is 0 Å². The van der Waals surface area contributed by atoms with Gasteiger partial charge in [0, 0.05) is 37.0 Å². The molecule has 2 rings (SSSR count). The van der Waals surface area contributed by atoms with E-state index in [0.29, 0.717) is 30.5 Å². The maximum Gasteiger partial charge on any atom is 0.247 e. The molecule has 0 aromatic heterocycles. The van der Waals surface area contributed by atoms with Crippen molar-refractivity contribution >= 4 is 40.7 Å². The van der Waals surface area contributed by atoms with Crippen LogP contribution in [0.5, 0.6) is 11.5 Å². The molecule has 0 aliphatic carbocycles. The van der Waals surface area contributed by atoms with Crippen molar-refractivity contribution in [3.05, 3.63) is 54.1 Å². The number of benzene rings is 2. The lowest BCUT2D eigenvalue weighted by Gasteiger charge is -2.23. The maximum atomic E-state index is 12.8. The molecule has 30 heavy (non-hydrogen) atoms. The third-order valence-electron chi connectivity index (χ3n) is 4.33. The van der Waals surface area contributed by atoms with Gasteiger partial charge in [-0.25, -0.2) is 0 Å². The number of amides is 2. The van der Waals surface area contributed by atoms with E-state index in [1.54, 1.807) is 24.3 Å². The number of aromatic hydroxyl groups is 2. The number of halogens is 2. The number of carbonyl (C=O) groups is 2. The summed E-state index contributed by atoms with van der Waals surface area (Å²) in [7, 11) is 0. The number of carbonyl (C=O) groups excluding carboxylic acids is 2. The van der Waals surface area contributed by atoms with Crippen LogP contribution in [0, 0.1) is 0 Å². The fourth-order valence-corrected chi connectivity index (χ4v) is 3.28. The van der Waals surface area contributed by atoms with Crippen LogP contribution in [-0.2, 0) is 16.0 Å². The van der Waals surface area contributed by atoms with E-state index < -0.39 is 11.9 Å². The van der Waals surface area contributed by atoms with Crippen LogP contribution in [0.15, 0.2) is 48.5 Å². The zero-order chi connectivity index (χ0) is 21.9. The molecule has 162 valence electrons. The summed E-state index contributed by atoms with van der Waals surface area (Å²) >= 11 is 11.5. The van der Waals surface area contributed by atoms with E-state index in [9.17, 15) is 19.8 Å². The van der Waals surface area contributed by atoms with Crippen LogP contribution in [0.25, 0.3) is 0 Å². The molecule has 7 nitrogen and oxygen atoms in total. The fourth-order valence-electron chi connectivity index (χ4n) is 2.80. The third-order valence-corrected chi connectivity index (χ3v) is 4.67. The predicted octanol–water partition coefficient (Wildman–Crippen LogP) is 2.54. The number of phenolic OH excluding ortho intramolecular Hbond substituents is 2. The molecular formula is C21H25Cl2N3O4. The molecule has 2 amide bonds. The highest BCUT2D eigenvalue weighted by atomic mass is 35.5. The summed E-state index contributed by atoms with van der Waals surface area (Å²) in [5, 5.41) is 24.4. The Balaban J connectivity index is 2.10. The molecule has 1 atom stereocenters. The first-order valence-corrected chi connectivity index (χ1v) is 10.5. The summed E-state index contributed by atoms with van der Waals surface area (Å²) in [6, 6.07) is 11.6. The van der Waals surface area contributed by atoms with Gasteiger partial charge >= 0.3 is 0 Å². The van der Waals surface area contributed by atoms with Gasteiger partial charge in [-0.1, -0.05) is 12.1 Å². The highest BCUT2D eigenvalue weighted by molar-refractivity contribution is 6.18. The van der Waals surface area contributed by atoms with Crippen molar-refractivity contribution in [2.45, 2.75) is 12.5 Å². The number of alkyl halides is 2. The first kappa shape index (κ1) is 23.8. The number of rotatable bonds is 11. The largest absolute Gasteiger partial charge is 0.508 e. The van der Waals surface area contributed by atoms with Crippen LogP contribution >= 0.6 is 23.2 Å². The standard InChI is InChI=1S/C21H25Cl2N3O4/c22-9-11-26(12-10-23)14-20(29)25-19(13-15-1-5-17(27)6-2-15)21(30)24-16-3-7-18(28)8-4-16/h1-8,19,27-28H,9-14H2,(H,24,30)(H,25,29). The lowest BCUT2D eigenvalue weighted by Crippen LogP contribution is -2.49. The molecule has 0 saturated heterocycles. The highest BCUT2D eigenvalue weighted by Crippen LogP contribution is 2.15. The molecule has 2 aromatic carbocycles. The molecule has 0 aliphatic rings. The number of nitrogens with one attached hydrogen (secondary N) is 2. The smallest absolute Gasteiger partial charge is 0.247 e. The number of hydrogen-bond donors (Lipinski definition) is 4. The Hall–Kier alpha value is -2.48. The predicted molar refractivity (Wildman–Crippen MR) is 118 cm³/mol. The lowest BCUT2D eigenvalue weighted by atomic mass is 10.0. The highest BCUT2D eigenvalue weighted by Gasteiger charge is 2.22. The Morgan fingerprint density at radius 3 is 1.97 bits per heavy atom.